The third-order valence-electron chi connectivity index (χ3n) is 2.95. The van der Waals surface area contributed by atoms with Crippen LogP contribution in [0.3, 0.4) is 0 Å². The van der Waals surface area contributed by atoms with Crippen molar-refractivity contribution in [3.63, 3.8) is 0 Å². The van der Waals surface area contributed by atoms with Gasteiger partial charge in [-0.05, 0) is 25.5 Å². The van der Waals surface area contributed by atoms with E-state index in [4.69, 9.17) is 11.6 Å². The first-order valence-corrected chi connectivity index (χ1v) is 5.76. The van der Waals surface area contributed by atoms with Gasteiger partial charge in [-0.15, -0.1) is 0 Å². The number of benzene rings is 1. The van der Waals surface area contributed by atoms with Crippen molar-refractivity contribution in [2.45, 2.75) is 19.0 Å². The van der Waals surface area contributed by atoms with E-state index >= 15 is 0 Å². The van der Waals surface area contributed by atoms with Crippen molar-refractivity contribution in [1.29, 1.82) is 0 Å². The molecule has 1 nitrogen and oxygen atoms in total. The highest BCUT2D eigenvalue weighted by atomic mass is 35.5. The summed E-state index contributed by atoms with van der Waals surface area (Å²) in [5, 5.41) is 3.76. The Hall–Kier alpha value is -0.600. The van der Waals surface area contributed by atoms with Gasteiger partial charge in [-0.1, -0.05) is 29.8 Å². The molecule has 1 heterocycles. The Kier molecular flexibility index (Phi) is 3.60. The van der Waals surface area contributed by atoms with Crippen LogP contribution in [0, 0.1) is 5.92 Å². The van der Waals surface area contributed by atoms with Gasteiger partial charge >= 0.3 is 0 Å². The zero-order valence-corrected chi connectivity index (χ0v) is 9.30. The summed E-state index contributed by atoms with van der Waals surface area (Å²) in [6, 6.07) is 7.20. The molecule has 1 saturated heterocycles. The Morgan fingerprint density at radius 2 is 2.20 bits per heavy atom. The van der Waals surface area contributed by atoms with Gasteiger partial charge in [0.2, 0.25) is 0 Å². The molecule has 1 aliphatic heterocycles. The Morgan fingerprint density at radius 3 is 2.87 bits per heavy atom. The predicted molar refractivity (Wildman–Crippen MR) is 60.9 cm³/mol. The van der Waals surface area contributed by atoms with Crippen LogP contribution in [0.2, 0.25) is 5.02 Å². The largest absolute Gasteiger partial charge is 0.316 e. The van der Waals surface area contributed by atoms with E-state index in [-0.39, 0.29) is 5.92 Å². The molecule has 0 aromatic heterocycles. The Balaban J connectivity index is 2.12. The van der Waals surface area contributed by atoms with Crippen LogP contribution in [-0.2, 0) is 0 Å². The Labute approximate surface area is 94.6 Å². The van der Waals surface area contributed by atoms with E-state index in [1.165, 1.54) is 0 Å². The normalized spacial score (nSPS) is 23.7. The summed E-state index contributed by atoms with van der Waals surface area (Å²) in [4.78, 5) is 0. The first kappa shape index (κ1) is 10.9. The van der Waals surface area contributed by atoms with Crippen LogP contribution < -0.4 is 5.32 Å². The molecule has 1 aromatic rings. The number of piperidine rings is 1. The first-order valence-electron chi connectivity index (χ1n) is 5.38. The summed E-state index contributed by atoms with van der Waals surface area (Å²) in [5.41, 5.74) is 0.632. The smallest absolute Gasteiger partial charge is 0.131 e. The number of hydrogen-bond donors (Lipinski definition) is 1. The lowest BCUT2D eigenvalue weighted by Gasteiger charge is -2.26. The standard InChI is InChI=1S/C12H15ClFN/c13-11-6-2-1-5-10(11)12(14)9-4-3-7-15-8-9/h1-2,5-6,9,12,15H,3-4,7-8H2. The molecule has 0 amide bonds. The quantitative estimate of drug-likeness (QED) is 0.817. The fourth-order valence-electron chi connectivity index (χ4n) is 2.08. The fourth-order valence-corrected chi connectivity index (χ4v) is 2.32. The van der Waals surface area contributed by atoms with Gasteiger partial charge in [0, 0.05) is 23.0 Å². The monoisotopic (exact) mass is 227 g/mol. The first-order chi connectivity index (χ1) is 7.29. The van der Waals surface area contributed by atoms with E-state index in [0.29, 0.717) is 10.6 Å². The molecular weight excluding hydrogens is 213 g/mol. The lowest BCUT2D eigenvalue weighted by molar-refractivity contribution is 0.194. The summed E-state index contributed by atoms with van der Waals surface area (Å²) in [6.07, 6.45) is 1.06. The topological polar surface area (TPSA) is 12.0 Å². The molecule has 2 atom stereocenters. The van der Waals surface area contributed by atoms with Crippen molar-refractivity contribution in [3.05, 3.63) is 34.9 Å². The Morgan fingerprint density at radius 1 is 1.40 bits per heavy atom. The average molecular weight is 228 g/mol. The predicted octanol–water partition coefficient (Wildman–Crippen LogP) is 3.35. The van der Waals surface area contributed by atoms with Crippen molar-refractivity contribution in [1.82, 2.24) is 5.32 Å². The molecule has 2 rings (SSSR count). The number of nitrogens with one attached hydrogen (secondary N) is 1. The zero-order valence-electron chi connectivity index (χ0n) is 8.55. The molecule has 1 aliphatic rings. The van der Waals surface area contributed by atoms with Crippen LogP contribution in [0.25, 0.3) is 0 Å². The van der Waals surface area contributed by atoms with Gasteiger partial charge in [-0.25, -0.2) is 4.39 Å². The minimum absolute atomic E-state index is 0.0682. The number of halogens is 2. The molecule has 15 heavy (non-hydrogen) atoms. The van der Waals surface area contributed by atoms with Crippen LogP contribution in [0.15, 0.2) is 24.3 Å². The highest BCUT2D eigenvalue weighted by Crippen LogP contribution is 2.34. The lowest BCUT2D eigenvalue weighted by atomic mass is 9.90. The number of alkyl halides is 1. The van der Waals surface area contributed by atoms with Gasteiger partial charge in [-0.3, -0.25) is 0 Å². The summed E-state index contributed by atoms with van der Waals surface area (Å²) >= 11 is 5.98. The molecular formula is C12H15ClFN. The SMILES string of the molecule is FC(c1ccccc1Cl)C1CCCNC1. The van der Waals surface area contributed by atoms with Crippen molar-refractivity contribution in [2.24, 2.45) is 5.92 Å². The third-order valence-corrected chi connectivity index (χ3v) is 3.30. The van der Waals surface area contributed by atoms with Gasteiger partial charge in [0.15, 0.2) is 0 Å². The zero-order chi connectivity index (χ0) is 10.7. The molecule has 3 heteroatoms. The lowest BCUT2D eigenvalue weighted by Crippen LogP contribution is -2.32. The van der Waals surface area contributed by atoms with E-state index in [1.54, 1.807) is 12.1 Å². The molecule has 2 unspecified atom stereocenters. The summed E-state index contributed by atoms with van der Waals surface area (Å²) in [6.45, 7) is 1.76. The third kappa shape index (κ3) is 2.50. The second kappa shape index (κ2) is 4.95. The van der Waals surface area contributed by atoms with E-state index in [9.17, 15) is 4.39 Å². The number of rotatable bonds is 2. The van der Waals surface area contributed by atoms with Crippen molar-refractivity contribution >= 4 is 11.6 Å². The highest BCUT2D eigenvalue weighted by Gasteiger charge is 2.25. The van der Waals surface area contributed by atoms with E-state index in [2.05, 4.69) is 5.32 Å². The second-order valence-corrected chi connectivity index (χ2v) is 4.44. The van der Waals surface area contributed by atoms with Gasteiger partial charge in [0.25, 0.3) is 0 Å². The molecule has 1 N–H and O–H groups in total. The maximum absolute atomic E-state index is 14.2. The molecule has 0 spiro atoms. The van der Waals surface area contributed by atoms with Crippen molar-refractivity contribution < 1.29 is 4.39 Å². The second-order valence-electron chi connectivity index (χ2n) is 4.03. The Bertz CT molecular complexity index is 323. The minimum atomic E-state index is -0.938. The van der Waals surface area contributed by atoms with Crippen molar-refractivity contribution in [3.8, 4) is 0 Å². The summed E-state index contributed by atoms with van der Waals surface area (Å²) in [7, 11) is 0. The van der Waals surface area contributed by atoms with E-state index in [0.717, 1.165) is 25.9 Å². The molecule has 0 saturated carbocycles. The molecule has 0 bridgehead atoms. The van der Waals surface area contributed by atoms with E-state index < -0.39 is 6.17 Å². The summed E-state index contributed by atoms with van der Waals surface area (Å²) < 4.78 is 14.2. The maximum Gasteiger partial charge on any atom is 0.131 e. The van der Waals surface area contributed by atoms with Crippen LogP contribution >= 0.6 is 11.6 Å². The molecule has 0 radical (unpaired) electrons. The fraction of sp³-hybridized carbons (Fsp3) is 0.500. The molecule has 82 valence electrons. The van der Waals surface area contributed by atoms with Crippen LogP contribution in [-0.4, -0.2) is 13.1 Å². The van der Waals surface area contributed by atoms with Gasteiger partial charge in [0.05, 0.1) is 0 Å². The van der Waals surface area contributed by atoms with E-state index in [1.807, 2.05) is 12.1 Å². The minimum Gasteiger partial charge on any atom is -0.316 e. The number of hydrogen-bond acceptors (Lipinski definition) is 1. The van der Waals surface area contributed by atoms with Crippen molar-refractivity contribution in [2.75, 3.05) is 13.1 Å². The summed E-state index contributed by atoms with van der Waals surface area (Å²) in [5.74, 6) is 0.0682. The average Bonchev–Trinajstić information content (AvgIpc) is 2.30. The molecule has 0 aliphatic carbocycles. The van der Waals surface area contributed by atoms with Crippen LogP contribution in [0.1, 0.15) is 24.6 Å². The molecule has 1 aromatic carbocycles. The van der Waals surface area contributed by atoms with Crippen LogP contribution in [0.4, 0.5) is 4.39 Å². The van der Waals surface area contributed by atoms with Gasteiger partial charge < -0.3 is 5.32 Å². The maximum atomic E-state index is 14.2. The van der Waals surface area contributed by atoms with Gasteiger partial charge in [0.1, 0.15) is 6.17 Å². The molecule has 1 fully saturated rings. The highest BCUT2D eigenvalue weighted by molar-refractivity contribution is 6.31. The van der Waals surface area contributed by atoms with Crippen LogP contribution in [0.5, 0.6) is 0 Å². The van der Waals surface area contributed by atoms with Gasteiger partial charge in [-0.2, -0.15) is 0 Å².